The number of nitrogens with zero attached hydrogens (tertiary/aromatic N) is 3. The number of fused-ring (bicyclic) bond motifs is 4. The second-order valence-corrected chi connectivity index (χ2v) is 11.9. The van der Waals surface area contributed by atoms with Crippen LogP contribution in [0.15, 0.2) is 127 Å². The standard InChI is InChI=1S/C35H21N3S2/c1-2-8-22(9-3-1)23-14-16-24(17-15-23)33-36-34(38-35(37-33)32-21-25-10-4-6-12-29(25)39-32)26-18-19-31-28(20-26)27-11-5-7-13-30(27)40-31/h1-21H. The second-order valence-electron chi connectivity index (χ2n) is 9.71. The van der Waals surface area contributed by atoms with Crippen molar-refractivity contribution in [3.63, 3.8) is 0 Å². The Kier molecular flexibility index (Phi) is 5.50. The van der Waals surface area contributed by atoms with Gasteiger partial charge in [-0.15, -0.1) is 22.7 Å². The lowest BCUT2D eigenvalue weighted by Gasteiger charge is -2.08. The lowest BCUT2D eigenvalue weighted by Crippen LogP contribution is -1.99. The Hall–Kier alpha value is -4.71. The van der Waals surface area contributed by atoms with Gasteiger partial charge < -0.3 is 0 Å². The fourth-order valence-corrected chi connectivity index (χ4v) is 7.23. The molecule has 0 unspecified atom stereocenters. The zero-order valence-corrected chi connectivity index (χ0v) is 22.9. The molecule has 5 heteroatoms. The van der Waals surface area contributed by atoms with Gasteiger partial charge in [0.1, 0.15) is 0 Å². The zero-order valence-electron chi connectivity index (χ0n) is 21.3. The molecule has 0 radical (unpaired) electrons. The molecule has 0 spiro atoms. The van der Waals surface area contributed by atoms with Gasteiger partial charge in [-0.25, -0.2) is 15.0 Å². The number of hydrogen-bond donors (Lipinski definition) is 0. The number of benzene rings is 5. The van der Waals surface area contributed by atoms with Crippen molar-refractivity contribution in [1.29, 1.82) is 0 Å². The Morgan fingerprint density at radius 3 is 1.80 bits per heavy atom. The van der Waals surface area contributed by atoms with Gasteiger partial charge in [0, 0.05) is 36.0 Å². The Labute approximate surface area is 239 Å². The zero-order chi connectivity index (χ0) is 26.5. The smallest absolute Gasteiger partial charge is 0.174 e. The summed E-state index contributed by atoms with van der Waals surface area (Å²) in [6, 6.07) is 44.6. The van der Waals surface area contributed by atoms with Crippen molar-refractivity contribution in [1.82, 2.24) is 15.0 Å². The predicted octanol–water partition coefficient (Wildman–Crippen LogP) is 10.1. The molecule has 0 fully saturated rings. The van der Waals surface area contributed by atoms with E-state index in [0.29, 0.717) is 17.5 Å². The van der Waals surface area contributed by atoms with E-state index in [1.807, 2.05) is 17.4 Å². The van der Waals surface area contributed by atoms with Crippen molar-refractivity contribution in [2.75, 3.05) is 0 Å². The molecular weight excluding hydrogens is 527 g/mol. The fourth-order valence-electron chi connectivity index (χ4n) is 5.14. The van der Waals surface area contributed by atoms with Gasteiger partial charge in [-0.3, -0.25) is 0 Å². The highest BCUT2D eigenvalue weighted by molar-refractivity contribution is 7.25. The maximum atomic E-state index is 5.02. The summed E-state index contributed by atoms with van der Waals surface area (Å²) in [7, 11) is 0. The van der Waals surface area contributed by atoms with Crippen molar-refractivity contribution in [2.45, 2.75) is 0 Å². The van der Waals surface area contributed by atoms with E-state index < -0.39 is 0 Å². The van der Waals surface area contributed by atoms with Crippen LogP contribution in [0.3, 0.4) is 0 Å². The molecule has 0 aliphatic heterocycles. The number of hydrogen-bond acceptors (Lipinski definition) is 5. The number of aromatic nitrogens is 3. The molecule has 3 heterocycles. The highest BCUT2D eigenvalue weighted by Crippen LogP contribution is 2.37. The van der Waals surface area contributed by atoms with Gasteiger partial charge in [-0.05, 0) is 52.9 Å². The minimum atomic E-state index is 0.673. The highest BCUT2D eigenvalue weighted by Gasteiger charge is 2.16. The Balaban J connectivity index is 1.29. The summed E-state index contributed by atoms with van der Waals surface area (Å²) < 4.78 is 3.77. The van der Waals surface area contributed by atoms with E-state index in [9.17, 15) is 0 Å². The topological polar surface area (TPSA) is 38.7 Å². The maximum absolute atomic E-state index is 5.02. The van der Waals surface area contributed by atoms with Crippen molar-refractivity contribution < 1.29 is 0 Å². The Morgan fingerprint density at radius 2 is 0.975 bits per heavy atom. The summed E-state index contributed by atoms with van der Waals surface area (Å²) in [5.41, 5.74) is 4.31. The molecule has 40 heavy (non-hydrogen) atoms. The molecule has 8 rings (SSSR count). The van der Waals surface area contributed by atoms with Crippen LogP contribution >= 0.6 is 22.7 Å². The van der Waals surface area contributed by atoms with Crippen LogP contribution in [0.5, 0.6) is 0 Å². The van der Waals surface area contributed by atoms with Gasteiger partial charge in [-0.2, -0.15) is 0 Å². The third kappa shape index (κ3) is 4.08. The third-order valence-corrected chi connectivity index (χ3v) is 9.43. The Morgan fingerprint density at radius 1 is 0.375 bits per heavy atom. The first-order valence-electron chi connectivity index (χ1n) is 13.1. The number of rotatable bonds is 4. The molecule has 0 saturated heterocycles. The largest absolute Gasteiger partial charge is 0.208 e. The molecule has 188 valence electrons. The van der Waals surface area contributed by atoms with Crippen molar-refractivity contribution in [3.05, 3.63) is 127 Å². The molecule has 0 atom stereocenters. The van der Waals surface area contributed by atoms with Gasteiger partial charge >= 0.3 is 0 Å². The van der Waals surface area contributed by atoms with E-state index >= 15 is 0 Å². The van der Waals surface area contributed by atoms with Crippen molar-refractivity contribution in [3.8, 4) is 44.6 Å². The summed E-state index contributed by atoms with van der Waals surface area (Å²) in [5.74, 6) is 2.05. The summed E-state index contributed by atoms with van der Waals surface area (Å²) in [4.78, 5) is 16.1. The van der Waals surface area contributed by atoms with Crippen LogP contribution in [0.4, 0.5) is 0 Å². The van der Waals surface area contributed by atoms with Gasteiger partial charge in [-0.1, -0.05) is 91.0 Å². The van der Waals surface area contributed by atoms with E-state index in [0.717, 1.165) is 21.6 Å². The molecule has 0 aliphatic carbocycles. The minimum absolute atomic E-state index is 0.673. The van der Waals surface area contributed by atoms with Crippen LogP contribution in [0.25, 0.3) is 74.9 Å². The highest BCUT2D eigenvalue weighted by atomic mass is 32.1. The molecule has 5 aromatic carbocycles. The predicted molar refractivity (Wildman–Crippen MR) is 170 cm³/mol. The number of thiophene rings is 2. The van der Waals surface area contributed by atoms with Gasteiger partial charge in [0.05, 0.1) is 4.88 Å². The van der Waals surface area contributed by atoms with Gasteiger partial charge in [0.2, 0.25) is 0 Å². The second kappa shape index (κ2) is 9.49. The van der Waals surface area contributed by atoms with Crippen LogP contribution in [0.1, 0.15) is 0 Å². The van der Waals surface area contributed by atoms with Crippen molar-refractivity contribution >= 4 is 52.9 Å². The first kappa shape index (κ1) is 23.2. The lowest BCUT2D eigenvalue weighted by atomic mass is 10.0. The summed E-state index contributed by atoms with van der Waals surface area (Å²) in [6.45, 7) is 0. The minimum Gasteiger partial charge on any atom is -0.208 e. The van der Waals surface area contributed by atoms with Crippen LogP contribution in [0.2, 0.25) is 0 Å². The monoisotopic (exact) mass is 547 g/mol. The van der Waals surface area contributed by atoms with E-state index in [4.69, 9.17) is 15.0 Å². The molecular formula is C35H21N3S2. The average molecular weight is 548 g/mol. The molecule has 0 bridgehead atoms. The first-order chi connectivity index (χ1) is 19.8. The lowest BCUT2D eigenvalue weighted by molar-refractivity contribution is 1.08. The normalized spacial score (nSPS) is 11.5. The van der Waals surface area contributed by atoms with Gasteiger partial charge in [0.15, 0.2) is 17.5 Å². The van der Waals surface area contributed by atoms with Crippen LogP contribution in [0, 0.1) is 0 Å². The molecule has 0 amide bonds. The fraction of sp³-hybridized carbons (Fsp3) is 0. The van der Waals surface area contributed by atoms with E-state index in [1.54, 1.807) is 11.3 Å². The van der Waals surface area contributed by atoms with E-state index in [-0.39, 0.29) is 0 Å². The van der Waals surface area contributed by atoms with E-state index in [1.165, 1.54) is 35.8 Å². The molecule has 3 aromatic heterocycles. The molecule has 0 saturated carbocycles. The average Bonchev–Trinajstić information content (AvgIpc) is 3.63. The third-order valence-electron chi connectivity index (χ3n) is 7.17. The van der Waals surface area contributed by atoms with Crippen LogP contribution in [-0.2, 0) is 0 Å². The quantitative estimate of drug-likeness (QED) is 0.220. The summed E-state index contributed by atoms with van der Waals surface area (Å²) in [6.07, 6.45) is 0. The summed E-state index contributed by atoms with van der Waals surface area (Å²) >= 11 is 3.53. The van der Waals surface area contributed by atoms with Crippen molar-refractivity contribution in [2.24, 2.45) is 0 Å². The van der Waals surface area contributed by atoms with E-state index in [2.05, 4.69) is 121 Å². The maximum Gasteiger partial charge on any atom is 0.174 e. The SMILES string of the molecule is c1ccc(-c2ccc(-c3nc(-c4ccc5sc6ccccc6c5c4)nc(-c4cc5ccccc5s4)n3)cc2)cc1. The van der Waals surface area contributed by atoms with Crippen LogP contribution < -0.4 is 0 Å². The van der Waals surface area contributed by atoms with Gasteiger partial charge in [0.25, 0.3) is 0 Å². The molecule has 0 aliphatic rings. The molecule has 0 N–H and O–H groups in total. The molecule has 3 nitrogen and oxygen atoms in total. The molecule has 8 aromatic rings. The van der Waals surface area contributed by atoms with Crippen LogP contribution in [-0.4, -0.2) is 15.0 Å². The first-order valence-corrected chi connectivity index (χ1v) is 14.7. The Bertz CT molecular complexity index is 2130. The summed E-state index contributed by atoms with van der Waals surface area (Å²) in [5, 5.41) is 3.69.